The predicted octanol–water partition coefficient (Wildman–Crippen LogP) is -0.265. The van der Waals surface area contributed by atoms with Crippen LogP contribution in [0.2, 0.25) is 0 Å². The molecule has 0 aromatic rings. The molecule has 126 valence electrons. The lowest BCUT2D eigenvalue weighted by molar-refractivity contribution is -0.137. The lowest BCUT2D eigenvalue weighted by Crippen LogP contribution is -2.52. The average molecular weight is 317 g/mol. The van der Waals surface area contributed by atoms with Crippen LogP contribution in [0.5, 0.6) is 0 Å². The van der Waals surface area contributed by atoms with Gasteiger partial charge in [0.25, 0.3) is 0 Å². The Morgan fingerprint density at radius 1 is 1.18 bits per heavy atom. The average Bonchev–Trinajstić information content (AvgIpc) is 2.30. The van der Waals surface area contributed by atoms with E-state index in [9.17, 15) is 19.2 Å². The Kier molecular flexibility index (Phi) is 7.34. The van der Waals surface area contributed by atoms with Crippen molar-refractivity contribution in [1.29, 1.82) is 0 Å². The van der Waals surface area contributed by atoms with Crippen molar-refractivity contribution in [3.63, 3.8) is 0 Å². The van der Waals surface area contributed by atoms with E-state index in [-0.39, 0.29) is 12.8 Å². The quantitative estimate of drug-likeness (QED) is 0.508. The number of rotatable bonds is 7. The Hall–Kier alpha value is -2.32. The molecule has 0 aromatic carbocycles. The van der Waals surface area contributed by atoms with Gasteiger partial charge in [0, 0.05) is 6.42 Å². The maximum absolute atomic E-state index is 11.9. The minimum absolute atomic E-state index is 0.129. The van der Waals surface area contributed by atoms with Gasteiger partial charge < -0.3 is 26.2 Å². The lowest BCUT2D eigenvalue weighted by atomic mass is 10.1. The molecule has 2 atom stereocenters. The van der Waals surface area contributed by atoms with Gasteiger partial charge in [-0.15, -0.1) is 0 Å². The number of amides is 3. The second-order valence-corrected chi connectivity index (χ2v) is 5.76. The molecule has 22 heavy (non-hydrogen) atoms. The van der Waals surface area contributed by atoms with E-state index >= 15 is 0 Å². The van der Waals surface area contributed by atoms with Crippen molar-refractivity contribution in [2.75, 3.05) is 0 Å². The van der Waals surface area contributed by atoms with Crippen LogP contribution in [-0.4, -0.2) is 46.7 Å². The van der Waals surface area contributed by atoms with Gasteiger partial charge >= 0.3 is 12.1 Å². The van der Waals surface area contributed by atoms with Gasteiger partial charge in [-0.05, 0) is 34.1 Å². The Labute approximate surface area is 128 Å². The predicted molar refractivity (Wildman–Crippen MR) is 76.8 cm³/mol. The van der Waals surface area contributed by atoms with E-state index in [1.807, 2.05) is 0 Å². The normalized spacial score (nSPS) is 13.6. The number of primary amides is 1. The number of aliphatic carboxylic acids is 1. The fourth-order valence-electron chi connectivity index (χ4n) is 1.40. The highest BCUT2D eigenvalue weighted by atomic mass is 16.6. The third kappa shape index (κ3) is 8.77. The number of nitrogens with one attached hydrogen (secondary N) is 2. The van der Waals surface area contributed by atoms with Crippen molar-refractivity contribution >= 4 is 23.9 Å². The maximum atomic E-state index is 11.9. The van der Waals surface area contributed by atoms with Crippen molar-refractivity contribution in [2.24, 2.45) is 5.73 Å². The van der Waals surface area contributed by atoms with Gasteiger partial charge in [-0.3, -0.25) is 14.4 Å². The van der Waals surface area contributed by atoms with Gasteiger partial charge in [-0.1, -0.05) is 0 Å². The highest BCUT2D eigenvalue weighted by Crippen LogP contribution is 2.06. The van der Waals surface area contributed by atoms with Crippen LogP contribution in [0.15, 0.2) is 0 Å². The Morgan fingerprint density at radius 3 is 2.14 bits per heavy atom. The number of carbonyl (C=O) groups is 4. The van der Waals surface area contributed by atoms with Crippen LogP contribution < -0.4 is 16.4 Å². The van der Waals surface area contributed by atoms with Crippen LogP contribution in [0, 0.1) is 0 Å². The zero-order valence-corrected chi connectivity index (χ0v) is 13.1. The molecule has 0 saturated heterocycles. The van der Waals surface area contributed by atoms with Crippen molar-refractivity contribution in [1.82, 2.24) is 10.6 Å². The lowest BCUT2D eigenvalue weighted by Gasteiger charge is -2.22. The summed E-state index contributed by atoms with van der Waals surface area (Å²) in [6.45, 7) is 6.42. The SMILES string of the molecule is CC(NC(=O)OC(C)(C)C)C(=O)NC(CCC(=O)O)C(N)=O. The highest BCUT2D eigenvalue weighted by Gasteiger charge is 2.25. The third-order valence-electron chi connectivity index (χ3n) is 2.43. The molecule has 0 aliphatic rings. The molecule has 2 unspecified atom stereocenters. The van der Waals surface area contributed by atoms with E-state index in [2.05, 4.69) is 10.6 Å². The zero-order chi connectivity index (χ0) is 17.5. The molecule has 9 nitrogen and oxygen atoms in total. The van der Waals surface area contributed by atoms with Crippen LogP contribution in [0.25, 0.3) is 0 Å². The third-order valence-corrected chi connectivity index (χ3v) is 2.43. The Bertz CT molecular complexity index is 444. The highest BCUT2D eigenvalue weighted by molar-refractivity contribution is 5.90. The molecule has 0 bridgehead atoms. The molecule has 5 N–H and O–H groups in total. The molecule has 0 heterocycles. The molecule has 0 rings (SSSR count). The van der Waals surface area contributed by atoms with Gasteiger partial charge in [0.15, 0.2) is 0 Å². The summed E-state index contributed by atoms with van der Waals surface area (Å²) in [6, 6.07) is -2.09. The topological polar surface area (TPSA) is 148 Å². The Balaban J connectivity index is 4.50. The van der Waals surface area contributed by atoms with Gasteiger partial charge in [0.2, 0.25) is 11.8 Å². The first-order chi connectivity index (χ1) is 9.92. The second kappa shape index (κ2) is 8.20. The van der Waals surface area contributed by atoms with Gasteiger partial charge in [0.1, 0.15) is 17.7 Å². The first-order valence-electron chi connectivity index (χ1n) is 6.73. The number of ether oxygens (including phenoxy) is 1. The van der Waals surface area contributed by atoms with E-state index < -0.39 is 41.6 Å². The van der Waals surface area contributed by atoms with E-state index in [0.29, 0.717) is 0 Å². The number of carboxylic acids is 1. The number of carboxylic acid groups (broad SMARTS) is 1. The number of carbonyl (C=O) groups excluding carboxylic acids is 3. The molecule has 0 saturated carbocycles. The van der Waals surface area contributed by atoms with Crippen molar-refractivity contribution < 1.29 is 29.0 Å². The Morgan fingerprint density at radius 2 is 1.73 bits per heavy atom. The number of hydrogen-bond donors (Lipinski definition) is 4. The molecule has 0 aliphatic carbocycles. The minimum atomic E-state index is -1.12. The number of hydrogen-bond acceptors (Lipinski definition) is 5. The molecule has 0 fully saturated rings. The van der Waals surface area contributed by atoms with E-state index in [4.69, 9.17) is 15.6 Å². The largest absolute Gasteiger partial charge is 0.481 e. The van der Waals surface area contributed by atoms with Gasteiger partial charge in [-0.25, -0.2) is 4.79 Å². The fourth-order valence-corrected chi connectivity index (χ4v) is 1.40. The monoisotopic (exact) mass is 317 g/mol. The van der Waals surface area contributed by atoms with Crippen LogP contribution in [0.4, 0.5) is 4.79 Å². The molecular formula is C13H23N3O6. The summed E-state index contributed by atoms with van der Waals surface area (Å²) in [6.07, 6.45) is -1.23. The molecule has 0 aliphatic heterocycles. The van der Waals surface area contributed by atoms with Crippen LogP contribution in [0.1, 0.15) is 40.5 Å². The molecule has 9 heteroatoms. The van der Waals surface area contributed by atoms with Crippen molar-refractivity contribution in [2.45, 2.75) is 58.2 Å². The minimum Gasteiger partial charge on any atom is -0.481 e. The van der Waals surface area contributed by atoms with Crippen LogP contribution in [-0.2, 0) is 19.1 Å². The summed E-state index contributed by atoms with van der Waals surface area (Å²) < 4.78 is 4.99. The molecule has 0 aromatic heterocycles. The first kappa shape index (κ1) is 19.7. The van der Waals surface area contributed by atoms with E-state index in [0.717, 1.165) is 0 Å². The molecule has 0 spiro atoms. The summed E-state index contributed by atoms with van der Waals surface area (Å²) in [5.41, 5.74) is 4.39. The fraction of sp³-hybridized carbons (Fsp3) is 0.692. The first-order valence-corrected chi connectivity index (χ1v) is 6.73. The van der Waals surface area contributed by atoms with Crippen LogP contribution in [0.3, 0.4) is 0 Å². The summed E-state index contributed by atoms with van der Waals surface area (Å²) in [5.74, 6) is -2.63. The standard InChI is InChI=1S/C13H23N3O6/c1-7(15-12(21)22-13(2,3)4)11(20)16-8(10(14)19)5-6-9(17)18/h7-8H,5-6H2,1-4H3,(H2,14,19)(H,15,21)(H,16,20)(H,17,18). The second-order valence-electron chi connectivity index (χ2n) is 5.76. The van der Waals surface area contributed by atoms with E-state index in [1.165, 1.54) is 6.92 Å². The number of alkyl carbamates (subject to hydrolysis) is 1. The van der Waals surface area contributed by atoms with Gasteiger partial charge in [-0.2, -0.15) is 0 Å². The molecular weight excluding hydrogens is 294 g/mol. The summed E-state index contributed by atoms with van der Waals surface area (Å²) in [7, 11) is 0. The zero-order valence-electron chi connectivity index (χ0n) is 13.1. The van der Waals surface area contributed by atoms with Crippen molar-refractivity contribution in [3.05, 3.63) is 0 Å². The van der Waals surface area contributed by atoms with E-state index in [1.54, 1.807) is 20.8 Å². The maximum Gasteiger partial charge on any atom is 0.408 e. The molecule has 3 amide bonds. The summed E-state index contributed by atoms with van der Waals surface area (Å²) in [4.78, 5) is 45.1. The van der Waals surface area contributed by atoms with Crippen molar-refractivity contribution in [3.8, 4) is 0 Å². The summed E-state index contributed by atoms with van der Waals surface area (Å²) >= 11 is 0. The summed E-state index contributed by atoms with van der Waals surface area (Å²) in [5, 5.41) is 13.2. The smallest absolute Gasteiger partial charge is 0.408 e. The molecule has 0 radical (unpaired) electrons. The van der Waals surface area contributed by atoms with Gasteiger partial charge in [0.05, 0.1) is 0 Å². The number of nitrogens with two attached hydrogens (primary N) is 1. The van der Waals surface area contributed by atoms with Crippen LogP contribution >= 0.6 is 0 Å².